The van der Waals surface area contributed by atoms with Crippen LogP contribution in [-0.2, 0) is 0 Å². The predicted octanol–water partition coefficient (Wildman–Crippen LogP) is 5.78. The van der Waals surface area contributed by atoms with E-state index in [2.05, 4.69) is 15.3 Å². The average Bonchev–Trinajstić information content (AvgIpc) is 2.84. The van der Waals surface area contributed by atoms with Gasteiger partial charge in [0.15, 0.2) is 0 Å². The molecule has 36 heavy (non-hydrogen) atoms. The number of nitrogens with one attached hydrogen (secondary N) is 2. The van der Waals surface area contributed by atoms with Gasteiger partial charge in [-0.25, -0.2) is 4.98 Å². The van der Waals surface area contributed by atoms with E-state index in [1.165, 1.54) is 4.90 Å². The normalized spacial score (nSPS) is 15.3. The van der Waals surface area contributed by atoms with Gasteiger partial charge in [-0.1, -0.05) is 18.2 Å². The van der Waals surface area contributed by atoms with Crippen LogP contribution >= 0.6 is 0 Å². The summed E-state index contributed by atoms with van der Waals surface area (Å²) in [6.45, 7) is 1.93. The molecular weight excluding hydrogens is 467 g/mol. The van der Waals surface area contributed by atoms with Crippen molar-refractivity contribution in [3.05, 3.63) is 82.4 Å². The van der Waals surface area contributed by atoms with Crippen LogP contribution in [0.4, 0.5) is 24.7 Å². The van der Waals surface area contributed by atoms with Gasteiger partial charge in [0.25, 0.3) is 5.56 Å². The van der Waals surface area contributed by atoms with Crippen molar-refractivity contribution in [1.29, 1.82) is 0 Å². The lowest BCUT2D eigenvalue weighted by molar-refractivity contribution is -0.147. The molecule has 0 saturated carbocycles. The monoisotopic (exact) mass is 493 g/mol. The molecule has 0 aliphatic carbocycles. The number of alkyl halides is 3. The molecule has 0 unspecified atom stereocenters. The van der Waals surface area contributed by atoms with Gasteiger partial charge >= 0.3 is 6.18 Å². The van der Waals surface area contributed by atoms with Crippen molar-refractivity contribution >= 4 is 22.3 Å². The Kier molecular flexibility index (Phi) is 6.49. The fourth-order valence-electron chi connectivity index (χ4n) is 4.77. The van der Waals surface area contributed by atoms with E-state index < -0.39 is 12.7 Å². The number of likely N-dealkylation sites (tertiary alicyclic amines) is 1. The zero-order valence-electron chi connectivity index (χ0n) is 19.8. The Morgan fingerprint density at radius 3 is 2.47 bits per heavy atom. The highest BCUT2D eigenvalue weighted by Gasteiger charge is 2.32. The third-order valence-electron chi connectivity index (χ3n) is 6.54. The standard InChI is InChI=1S/C27H26F3N5O/c1-17-3-2-4-22(32-17)23-15-20-9-12-31-26(36)24(20)25(34-23)33-21-7-5-18(6-8-21)19-10-13-35(14-11-19)16-27(28,29)30/h2-9,12,15,19H,10-11,13-14,16H2,1H3,(H,31,36)(H,33,34). The number of fused-ring (bicyclic) bond motifs is 1. The number of H-pyrrole nitrogens is 1. The van der Waals surface area contributed by atoms with Crippen LogP contribution in [0.3, 0.4) is 0 Å². The number of hydrogen-bond donors (Lipinski definition) is 2. The topological polar surface area (TPSA) is 73.9 Å². The van der Waals surface area contributed by atoms with Crippen LogP contribution in [-0.4, -0.2) is 45.7 Å². The molecule has 0 radical (unpaired) electrons. The molecule has 1 fully saturated rings. The van der Waals surface area contributed by atoms with Crippen LogP contribution in [0.2, 0.25) is 0 Å². The van der Waals surface area contributed by atoms with E-state index in [0.29, 0.717) is 48.5 Å². The smallest absolute Gasteiger partial charge is 0.340 e. The van der Waals surface area contributed by atoms with Crippen LogP contribution in [0.5, 0.6) is 0 Å². The number of pyridine rings is 3. The van der Waals surface area contributed by atoms with Gasteiger partial charge in [-0.2, -0.15) is 13.2 Å². The SMILES string of the molecule is Cc1cccc(-c2cc3cc[nH]c(=O)c3c(Nc3ccc(C4CCN(CC(F)(F)F)CC4)cc3)n2)n1. The van der Waals surface area contributed by atoms with Gasteiger partial charge in [-0.05, 0) is 86.1 Å². The second-order valence-corrected chi connectivity index (χ2v) is 9.20. The van der Waals surface area contributed by atoms with Crippen LogP contribution < -0.4 is 10.9 Å². The zero-order valence-corrected chi connectivity index (χ0v) is 19.8. The fraction of sp³-hybridized carbons (Fsp3) is 0.296. The molecule has 6 nitrogen and oxygen atoms in total. The molecule has 2 N–H and O–H groups in total. The number of aromatic amines is 1. The lowest BCUT2D eigenvalue weighted by Gasteiger charge is -2.32. The Hall–Kier alpha value is -3.72. The quantitative estimate of drug-likeness (QED) is 0.369. The van der Waals surface area contributed by atoms with E-state index in [-0.39, 0.29) is 11.5 Å². The summed E-state index contributed by atoms with van der Waals surface area (Å²) in [4.78, 5) is 26.1. The van der Waals surface area contributed by atoms with Crippen molar-refractivity contribution in [3.8, 4) is 11.4 Å². The van der Waals surface area contributed by atoms with Crippen LogP contribution in [0.1, 0.15) is 30.0 Å². The van der Waals surface area contributed by atoms with Gasteiger partial charge < -0.3 is 10.3 Å². The minimum atomic E-state index is -4.16. The van der Waals surface area contributed by atoms with Gasteiger partial charge in [0.2, 0.25) is 0 Å². The second-order valence-electron chi connectivity index (χ2n) is 9.20. The van der Waals surface area contributed by atoms with E-state index in [1.807, 2.05) is 61.5 Å². The molecular formula is C27H26F3N5O. The number of anilines is 2. The van der Waals surface area contributed by atoms with Crippen LogP contribution in [0, 0.1) is 6.92 Å². The van der Waals surface area contributed by atoms with Gasteiger partial charge in [0, 0.05) is 17.6 Å². The van der Waals surface area contributed by atoms with Gasteiger partial charge in [0.05, 0.1) is 23.3 Å². The minimum Gasteiger partial charge on any atom is -0.340 e. The highest BCUT2D eigenvalue weighted by Crippen LogP contribution is 2.32. The molecule has 0 bridgehead atoms. The van der Waals surface area contributed by atoms with E-state index in [4.69, 9.17) is 4.98 Å². The summed E-state index contributed by atoms with van der Waals surface area (Å²) in [5.74, 6) is 0.655. The number of aromatic nitrogens is 3. The molecule has 3 aromatic heterocycles. The van der Waals surface area contributed by atoms with Crippen molar-refractivity contribution < 1.29 is 13.2 Å². The predicted molar refractivity (Wildman–Crippen MR) is 135 cm³/mol. The van der Waals surface area contributed by atoms with Crippen molar-refractivity contribution in [2.75, 3.05) is 25.0 Å². The van der Waals surface area contributed by atoms with E-state index >= 15 is 0 Å². The molecule has 9 heteroatoms. The Labute approximate surface area is 206 Å². The largest absolute Gasteiger partial charge is 0.401 e. The molecule has 1 aliphatic heterocycles. The molecule has 5 rings (SSSR count). The third kappa shape index (κ3) is 5.41. The highest BCUT2D eigenvalue weighted by atomic mass is 19.4. The van der Waals surface area contributed by atoms with E-state index in [0.717, 1.165) is 22.3 Å². The zero-order chi connectivity index (χ0) is 25.3. The Morgan fingerprint density at radius 2 is 1.78 bits per heavy atom. The van der Waals surface area contributed by atoms with Crippen LogP contribution in [0.15, 0.2) is 65.6 Å². The number of halogens is 3. The molecule has 186 valence electrons. The van der Waals surface area contributed by atoms with Crippen molar-refractivity contribution in [2.45, 2.75) is 31.9 Å². The van der Waals surface area contributed by atoms with E-state index in [1.54, 1.807) is 6.20 Å². The fourth-order valence-corrected chi connectivity index (χ4v) is 4.77. The van der Waals surface area contributed by atoms with E-state index in [9.17, 15) is 18.0 Å². The number of hydrogen-bond acceptors (Lipinski definition) is 5. The molecule has 1 aliphatic rings. The maximum absolute atomic E-state index is 12.7. The van der Waals surface area contributed by atoms with Crippen LogP contribution in [0.25, 0.3) is 22.2 Å². The Morgan fingerprint density at radius 1 is 1.03 bits per heavy atom. The third-order valence-corrected chi connectivity index (χ3v) is 6.54. The van der Waals surface area contributed by atoms with Gasteiger partial charge in [-0.3, -0.25) is 14.7 Å². The molecule has 4 aromatic rings. The second kappa shape index (κ2) is 9.73. The van der Waals surface area contributed by atoms with Gasteiger partial charge in [-0.15, -0.1) is 0 Å². The molecule has 0 amide bonds. The minimum absolute atomic E-state index is 0.223. The first-order chi connectivity index (χ1) is 17.2. The summed E-state index contributed by atoms with van der Waals surface area (Å²) in [6.07, 6.45) is -1.17. The average molecular weight is 494 g/mol. The van der Waals surface area contributed by atoms with Crippen molar-refractivity contribution in [3.63, 3.8) is 0 Å². The summed E-state index contributed by atoms with van der Waals surface area (Å²) in [5, 5.41) is 4.48. The molecule has 0 atom stereocenters. The number of nitrogens with zero attached hydrogens (tertiary/aromatic N) is 3. The Balaban J connectivity index is 1.38. The first-order valence-electron chi connectivity index (χ1n) is 11.9. The first-order valence-corrected chi connectivity index (χ1v) is 11.9. The summed E-state index contributed by atoms with van der Waals surface area (Å²) in [5.41, 5.74) is 3.86. The molecule has 4 heterocycles. The summed E-state index contributed by atoms with van der Waals surface area (Å²) in [6, 6.07) is 17.2. The first kappa shape index (κ1) is 24.0. The molecule has 1 aromatic carbocycles. The van der Waals surface area contributed by atoms with Gasteiger partial charge in [0.1, 0.15) is 5.82 Å². The number of benzene rings is 1. The molecule has 0 spiro atoms. The Bertz CT molecular complexity index is 1420. The summed E-state index contributed by atoms with van der Waals surface area (Å²) in [7, 11) is 0. The van der Waals surface area contributed by atoms with Crippen molar-refractivity contribution in [2.24, 2.45) is 0 Å². The maximum Gasteiger partial charge on any atom is 0.401 e. The number of piperidine rings is 1. The summed E-state index contributed by atoms with van der Waals surface area (Å²) >= 11 is 0. The summed E-state index contributed by atoms with van der Waals surface area (Å²) < 4.78 is 38.0. The highest BCUT2D eigenvalue weighted by molar-refractivity contribution is 5.94. The maximum atomic E-state index is 12.7. The lowest BCUT2D eigenvalue weighted by Crippen LogP contribution is -2.39. The van der Waals surface area contributed by atoms with Crippen molar-refractivity contribution in [1.82, 2.24) is 19.9 Å². The number of rotatable bonds is 5. The number of aryl methyl sites for hydroxylation is 1. The molecule has 1 saturated heterocycles. The lowest BCUT2D eigenvalue weighted by atomic mass is 9.89.